The molecule has 118 valence electrons. The molecule has 3 aromatic rings. The summed E-state index contributed by atoms with van der Waals surface area (Å²) in [7, 11) is 0. The Bertz CT molecular complexity index is 1060. The van der Waals surface area contributed by atoms with Crippen molar-refractivity contribution in [1.29, 1.82) is 0 Å². The van der Waals surface area contributed by atoms with E-state index in [2.05, 4.69) is 15.6 Å². The maximum absolute atomic E-state index is 13.0. The van der Waals surface area contributed by atoms with Crippen LogP contribution in [0, 0.1) is 0 Å². The lowest BCUT2D eigenvalue weighted by Gasteiger charge is -2.25. The van der Waals surface area contributed by atoms with Crippen LogP contribution in [0.4, 0.5) is 11.4 Å². The normalized spacial score (nSPS) is 21.5. The number of aromatic amines is 1. The van der Waals surface area contributed by atoms with E-state index in [9.17, 15) is 9.59 Å². The molecule has 0 aliphatic carbocycles. The van der Waals surface area contributed by atoms with Crippen LogP contribution < -0.4 is 10.6 Å². The summed E-state index contributed by atoms with van der Waals surface area (Å²) in [5.41, 5.74) is 2.76. The smallest absolute Gasteiger partial charge is 0.240 e. The van der Waals surface area contributed by atoms with Gasteiger partial charge in [-0.25, -0.2) is 0 Å². The van der Waals surface area contributed by atoms with Crippen molar-refractivity contribution in [2.24, 2.45) is 0 Å². The van der Waals surface area contributed by atoms with E-state index >= 15 is 0 Å². The minimum Gasteiger partial charge on any atom is -0.361 e. The Hall–Kier alpha value is -2.79. The Morgan fingerprint density at radius 3 is 2.75 bits per heavy atom. The molecule has 0 bridgehead atoms. The van der Waals surface area contributed by atoms with Gasteiger partial charge >= 0.3 is 0 Å². The van der Waals surface area contributed by atoms with Crippen LogP contribution in [-0.4, -0.2) is 16.8 Å². The zero-order valence-corrected chi connectivity index (χ0v) is 13.2. The molecule has 3 N–H and O–H groups in total. The van der Waals surface area contributed by atoms with E-state index < -0.39 is 5.41 Å². The summed E-state index contributed by atoms with van der Waals surface area (Å²) in [5, 5.41) is 7.23. The van der Waals surface area contributed by atoms with E-state index in [1.807, 2.05) is 24.4 Å². The predicted molar refractivity (Wildman–Crippen MR) is 92.4 cm³/mol. The standard InChI is InChI=1S/C18H12ClN3O2/c19-9-4-5-12-10(6-9)18(17(24)22-12)7-15(23)21-14-3-1-2-13-16(14)11(18)8-20-13/h1-6,8,20H,7H2,(H,21,23)(H,22,24). The van der Waals surface area contributed by atoms with Crippen molar-refractivity contribution < 1.29 is 9.59 Å². The second-order valence-corrected chi connectivity index (χ2v) is 6.64. The maximum atomic E-state index is 13.0. The van der Waals surface area contributed by atoms with Gasteiger partial charge in [0.15, 0.2) is 0 Å². The van der Waals surface area contributed by atoms with Crippen molar-refractivity contribution in [3.05, 3.63) is 58.7 Å². The molecule has 1 unspecified atom stereocenters. The fourth-order valence-corrected chi connectivity index (χ4v) is 4.10. The van der Waals surface area contributed by atoms with Crippen LogP contribution in [0.1, 0.15) is 17.5 Å². The van der Waals surface area contributed by atoms with Crippen LogP contribution in [0.25, 0.3) is 10.9 Å². The highest BCUT2D eigenvalue weighted by Gasteiger charge is 2.52. The summed E-state index contributed by atoms with van der Waals surface area (Å²) in [4.78, 5) is 28.8. The van der Waals surface area contributed by atoms with Crippen LogP contribution in [0.2, 0.25) is 5.02 Å². The number of amides is 2. The lowest BCUT2D eigenvalue weighted by atomic mass is 9.73. The molecule has 0 fully saturated rings. The molecular formula is C18H12ClN3O2. The summed E-state index contributed by atoms with van der Waals surface area (Å²) in [6.07, 6.45) is 1.86. The number of H-pyrrole nitrogens is 1. The molecule has 24 heavy (non-hydrogen) atoms. The first-order valence-corrected chi connectivity index (χ1v) is 7.99. The maximum Gasteiger partial charge on any atom is 0.240 e. The second kappa shape index (κ2) is 4.39. The van der Waals surface area contributed by atoms with Gasteiger partial charge in [0.1, 0.15) is 5.41 Å². The van der Waals surface area contributed by atoms with Gasteiger partial charge in [0.2, 0.25) is 11.8 Å². The highest BCUT2D eigenvalue weighted by molar-refractivity contribution is 6.31. The molecular weight excluding hydrogens is 326 g/mol. The van der Waals surface area contributed by atoms with E-state index in [1.54, 1.807) is 18.2 Å². The third-order valence-electron chi connectivity index (χ3n) is 4.94. The third-order valence-corrected chi connectivity index (χ3v) is 5.18. The number of hydrogen-bond acceptors (Lipinski definition) is 2. The molecule has 0 saturated heterocycles. The van der Waals surface area contributed by atoms with Crippen molar-refractivity contribution in [3.8, 4) is 0 Å². The number of carbonyl (C=O) groups is 2. The lowest BCUT2D eigenvalue weighted by Crippen LogP contribution is -2.38. The largest absolute Gasteiger partial charge is 0.361 e. The summed E-state index contributed by atoms with van der Waals surface area (Å²) < 4.78 is 0. The van der Waals surface area contributed by atoms with Gasteiger partial charge in [0.05, 0.1) is 5.69 Å². The number of nitrogens with one attached hydrogen (secondary N) is 3. The summed E-state index contributed by atoms with van der Waals surface area (Å²) in [6.45, 7) is 0. The van der Waals surface area contributed by atoms with Crippen molar-refractivity contribution >= 4 is 45.7 Å². The predicted octanol–water partition coefficient (Wildman–Crippen LogP) is 3.40. The molecule has 0 radical (unpaired) electrons. The SMILES string of the molecule is O=C1CC2(C(=O)Nc3ccc(Cl)cc32)c2c[nH]c3cccc(c23)N1. The monoisotopic (exact) mass is 337 g/mol. The molecule has 5 nitrogen and oxygen atoms in total. The number of benzene rings is 2. The average Bonchev–Trinajstić information content (AvgIpc) is 3.05. The summed E-state index contributed by atoms with van der Waals surface area (Å²) in [6, 6.07) is 10.9. The van der Waals surface area contributed by atoms with Gasteiger partial charge in [-0.2, -0.15) is 0 Å². The number of halogens is 1. The summed E-state index contributed by atoms with van der Waals surface area (Å²) >= 11 is 6.18. The Balaban J connectivity index is 1.93. The first kappa shape index (κ1) is 13.6. The first-order valence-electron chi connectivity index (χ1n) is 7.61. The van der Waals surface area contributed by atoms with Gasteiger partial charge in [-0.05, 0) is 35.9 Å². The van der Waals surface area contributed by atoms with Crippen molar-refractivity contribution in [3.63, 3.8) is 0 Å². The molecule has 0 saturated carbocycles. The highest BCUT2D eigenvalue weighted by Crippen LogP contribution is 2.50. The van der Waals surface area contributed by atoms with Gasteiger partial charge in [0, 0.05) is 39.8 Å². The number of hydrogen-bond donors (Lipinski definition) is 3. The molecule has 2 aliphatic rings. The van der Waals surface area contributed by atoms with E-state index in [1.165, 1.54) is 0 Å². The van der Waals surface area contributed by atoms with Crippen LogP contribution >= 0.6 is 11.6 Å². The average molecular weight is 338 g/mol. The Morgan fingerprint density at radius 2 is 1.88 bits per heavy atom. The van der Waals surface area contributed by atoms with Gasteiger partial charge in [-0.3, -0.25) is 9.59 Å². The highest BCUT2D eigenvalue weighted by atomic mass is 35.5. The molecule has 2 aromatic carbocycles. The Kier molecular flexibility index (Phi) is 2.49. The van der Waals surface area contributed by atoms with Crippen LogP contribution in [0.5, 0.6) is 0 Å². The molecule has 2 aliphatic heterocycles. The minimum absolute atomic E-state index is 0.0355. The van der Waals surface area contributed by atoms with E-state index in [4.69, 9.17) is 11.6 Å². The van der Waals surface area contributed by atoms with Gasteiger partial charge < -0.3 is 15.6 Å². The Morgan fingerprint density at radius 1 is 1.00 bits per heavy atom. The van der Waals surface area contributed by atoms with Gasteiger partial charge in [0.25, 0.3) is 0 Å². The molecule has 2 amide bonds. The zero-order chi connectivity index (χ0) is 16.5. The lowest BCUT2D eigenvalue weighted by molar-refractivity contribution is -0.124. The number of anilines is 2. The fraction of sp³-hybridized carbons (Fsp3) is 0.111. The van der Waals surface area contributed by atoms with Crippen molar-refractivity contribution in [2.75, 3.05) is 10.6 Å². The van der Waals surface area contributed by atoms with E-state index in [0.717, 1.165) is 22.0 Å². The summed E-state index contributed by atoms with van der Waals surface area (Å²) in [5.74, 6) is -0.394. The topological polar surface area (TPSA) is 74.0 Å². The van der Waals surface area contributed by atoms with E-state index in [-0.39, 0.29) is 18.2 Å². The quantitative estimate of drug-likeness (QED) is 0.588. The molecule has 1 spiro atoms. The number of aromatic nitrogens is 1. The van der Waals surface area contributed by atoms with Crippen LogP contribution in [0.3, 0.4) is 0 Å². The van der Waals surface area contributed by atoms with Gasteiger partial charge in [-0.1, -0.05) is 17.7 Å². The number of carbonyl (C=O) groups excluding carboxylic acids is 2. The number of rotatable bonds is 0. The molecule has 3 heterocycles. The van der Waals surface area contributed by atoms with Crippen LogP contribution in [0.15, 0.2) is 42.6 Å². The fourth-order valence-electron chi connectivity index (χ4n) is 3.93. The second-order valence-electron chi connectivity index (χ2n) is 6.20. The van der Waals surface area contributed by atoms with Crippen molar-refractivity contribution in [2.45, 2.75) is 11.8 Å². The third kappa shape index (κ3) is 1.55. The molecule has 6 heteroatoms. The molecule has 1 atom stereocenters. The Labute approximate surface area is 142 Å². The number of fused-ring (bicyclic) bond motifs is 3. The van der Waals surface area contributed by atoms with Crippen LogP contribution in [-0.2, 0) is 15.0 Å². The van der Waals surface area contributed by atoms with E-state index in [0.29, 0.717) is 16.4 Å². The zero-order valence-electron chi connectivity index (χ0n) is 12.4. The van der Waals surface area contributed by atoms with Crippen molar-refractivity contribution in [1.82, 2.24) is 4.98 Å². The molecule has 1 aromatic heterocycles. The minimum atomic E-state index is -1.07. The van der Waals surface area contributed by atoms with Gasteiger partial charge in [-0.15, -0.1) is 0 Å². The first-order chi connectivity index (χ1) is 11.6. The molecule has 5 rings (SSSR count).